The molecule has 0 aliphatic carbocycles. The normalized spacial score (nSPS) is 14.3. The maximum absolute atomic E-state index is 8.99. The average Bonchev–Trinajstić information content (AvgIpc) is 3.06. The lowest BCUT2D eigenvalue weighted by Crippen LogP contribution is -2.47. The number of hydrogen-bond donors (Lipinski definition) is 0. The number of nitrogens with zero attached hydrogens (tertiary/aromatic N) is 8. The average molecular weight is 378 g/mol. The van der Waals surface area contributed by atoms with Crippen molar-refractivity contribution in [3.63, 3.8) is 0 Å². The molecule has 0 N–H and O–H groups in total. The third-order valence-corrected chi connectivity index (χ3v) is 5.53. The van der Waals surface area contributed by atoms with Gasteiger partial charge in [-0.05, 0) is 32.0 Å². The van der Waals surface area contributed by atoms with Crippen LogP contribution in [0.5, 0.6) is 0 Å². The quantitative estimate of drug-likeness (QED) is 0.685. The second kappa shape index (κ2) is 7.25. The molecular formula is C18H18N8S. The molecule has 0 saturated carbocycles. The third-order valence-electron chi connectivity index (χ3n) is 4.43. The molecule has 0 aromatic carbocycles. The van der Waals surface area contributed by atoms with E-state index in [1.54, 1.807) is 23.6 Å². The van der Waals surface area contributed by atoms with E-state index in [9.17, 15) is 0 Å². The van der Waals surface area contributed by atoms with Crippen molar-refractivity contribution in [3.05, 3.63) is 40.8 Å². The van der Waals surface area contributed by atoms with Crippen LogP contribution < -0.4 is 9.80 Å². The molecule has 1 aliphatic rings. The Morgan fingerprint density at radius 3 is 2.41 bits per heavy atom. The monoisotopic (exact) mass is 378 g/mol. The zero-order valence-electron chi connectivity index (χ0n) is 15.1. The lowest BCUT2D eigenvalue weighted by molar-refractivity contribution is 0.631. The van der Waals surface area contributed by atoms with E-state index in [1.165, 1.54) is 0 Å². The molecule has 1 fully saturated rings. The van der Waals surface area contributed by atoms with Crippen LogP contribution >= 0.6 is 11.3 Å². The number of piperazine rings is 1. The van der Waals surface area contributed by atoms with Crippen LogP contribution in [0.25, 0.3) is 10.6 Å². The van der Waals surface area contributed by atoms with E-state index < -0.39 is 0 Å². The SMILES string of the molecule is Cc1nc(C)c(-c2ccc(N3CCN(c4nccc(C#N)n4)CC3)nn2)s1. The molecule has 0 spiro atoms. The molecule has 8 nitrogen and oxygen atoms in total. The zero-order chi connectivity index (χ0) is 18.8. The molecule has 9 heteroatoms. The molecule has 1 aliphatic heterocycles. The van der Waals surface area contributed by atoms with Gasteiger partial charge in [-0.2, -0.15) is 5.26 Å². The predicted molar refractivity (Wildman–Crippen MR) is 104 cm³/mol. The highest BCUT2D eigenvalue weighted by molar-refractivity contribution is 7.15. The summed E-state index contributed by atoms with van der Waals surface area (Å²) in [6.07, 6.45) is 1.63. The van der Waals surface area contributed by atoms with Gasteiger partial charge in [0.2, 0.25) is 5.95 Å². The second-order valence-corrected chi connectivity index (χ2v) is 7.46. The van der Waals surface area contributed by atoms with Crippen molar-refractivity contribution in [3.8, 4) is 16.6 Å². The van der Waals surface area contributed by atoms with E-state index >= 15 is 0 Å². The Bertz CT molecular complexity index is 983. The van der Waals surface area contributed by atoms with Crippen molar-refractivity contribution in [2.75, 3.05) is 36.0 Å². The second-order valence-electron chi connectivity index (χ2n) is 6.25. The minimum atomic E-state index is 0.387. The summed E-state index contributed by atoms with van der Waals surface area (Å²) < 4.78 is 0. The van der Waals surface area contributed by atoms with Crippen LogP contribution in [0.1, 0.15) is 16.4 Å². The fourth-order valence-corrected chi connectivity index (χ4v) is 3.97. The Balaban J connectivity index is 1.44. The highest BCUT2D eigenvalue weighted by Gasteiger charge is 2.21. The Morgan fingerprint density at radius 2 is 1.78 bits per heavy atom. The Hall–Kier alpha value is -3.12. The number of nitriles is 1. The van der Waals surface area contributed by atoms with Crippen LogP contribution in [-0.2, 0) is 0 Å². The molecule has 3 aromatic rings. The predicted octanol–water partition coefficient (Wildman–Crippen LogP) is 2.21. The summed E-state index contributed by atoms with van der Waals surface area (Å²) in [5.41, 5.74) is 2.24. The molecular weight excluding hydrogens is 360 g/mol. The molecule has 0 bridgehead atoms. The lowest BCUT2D eigenvalue weighted by Gasteiger charge is -2.35. The summed E-state index contributed by atoms with van der Waals surface area (Å²) in [6.45, 7) is 7.13. The molecule has 0 unspecified atom stereocenters. The van der Waals surface area contributed by atoms with E-state index in [1.807, 2.05) is 26.0 Å². The van der Waals surface area contributed by atoms with E-state index in [0.29, 0.717) is 11.6 Å². The molecule has 0 radical (unpaired) electrons. The van der Waals surface area contributed by atoms with Crippen LogP contribution in [0.15, 0.2) is 24.4 Å². The van der Waals surface area contributed by atoms with Gasteiger partial charge in [-0.25, -0.2) is 15.0 Å². The lowest BCUT2D eigenvalue weighted by atomic mass is 10.2. The molecule has 4 rings (SSSR count). The number of rotatable bonds is 3. The summed E-state index contributed by atoms with van der Waals surface area (Å²) in [5, 5.41) is 18.8. The maximum Gasteiger partial charge on any atom is 0.226 e. The minimum absolute atomic E-state index is 0.387. The van der Waals surface area contributed by atoms with Crippen molar-refractivity contribution >= 4 is 23.1 Å². The van der Waals surface area contributed by atoms with Gasteiger partial charge in [0.25, 0.3) is 0 Å². The smallest absolute Gasteiger partial charge is 0.226 e. The molecule has 3 aromatic heterocycles. The highest BCUT2D eigenvalue weighted by atomic mass is 32.1. The fraction of sp³-hybridized carbons (Fsp3) is 0.333. The first-order valence-corrected chi connectivity index (χ1v) is 9.47. The van der Waals surface area contributed by atoms with Gasteiger partial charge in [0, 0.05) is 32.4 Å². The number of thiazole rings is 1. The van der Waals surface area contributed by atoms with Crippen LogP contribution in [0.2, 0.25) is 0 Å². The van der Waals surface area contributed by atoms with Crippen LogP contribution in [-0.4, -0.2) is 51.3 Å². The van der Waals surface area contributed by atoms with Crippen molar-refractivity contribution in [1.82, 2.24) is 25.1 Å². The first-order chi connectivity index (χ1) is 13.1. The fourth-order valence-electron chi connectivity index (χ4n) is 3.08. The summed E-state index contributed by atoms with van der Waals surface area (Å²) in [6, 6.07) is 7.69. The van der Waals surface area contributed by atoms with E-state index in [4.69, 9.17) is 5.26 Å². The minimum Gasteiger partial charge on any atom is -0.352 e. The highest BCUT2D eigenvalue weighted by Crippen LogP contribution is 2.28. The van der Waals surface area contributed by atoms with E-state index in [0.717, 1.165) is 53.3 Å². The Labute approximate surface area is 161 Å². The molecule has 1 saturated heterocycles. The summed E-state index contributed by atoms with van der Waals surface area (Å²) in [4.78, 5) is 18.4. The molecule has 136 valence electrons. The molecule has 27 heavy (non-hydrogen) atoms. The van der Waals surface area contributed by atoms with Gasteiger partial charge in [-0.15, -0.1) is 21.5 Å². The third kappa shape index (κ3) is 3.57. The Morgan fingerprint density at radius 1 is 1.00 bits per heavy atom. The summed E-state index contributed by atoms with van der Waals surface area (Å²) >= 11 is 1.64. The van der Waals surface area contributed by atoms with E-state index in [-0.39, 0.29) is 0 Å². The molecule has 0 atom stereocenters. The van der Waals surface area contributed by atoms with E-state index in [2.05, 4.69) is 41.0 Å². The number of anilines is 2. The van der Waals surface area contributed by atoms with Gasteiger partial charge < -0.3 is 9.80 Å². The summed E-state index contributed by atoms with van der Waals surface area (Å²) in [5.74, 6) is 1.47. The number of aryl methyl sites for hydroxylation is 2. The topological polar surface area (TPSA) is 94.7 Å². The van der Waals surface area contributed by atoms with Gasteiger partial charge in [-0.3, -0.25) is 0 Å². The van der Waals surface area contributed by atoms with Crippen LogP contribution in [0.3, 0.4) is 0 Å². The van der Waals surface area contributed by atoms with Crippen molar-refractivity contribution < 1.29 is 0 Å². The zero-order valence-corrected chi connectivity index (χ0v) is 15.9. The first-order valence-electron chi connectivity index (χ1n) is 8.65. The molecule has 4 heterocycles. The van der Waals surface area contributed by atoms with Crippen LogP contribution in [0, 0.1) is 25.2 Å². The molecule has 0 amide bonds. The number of hydrogen-bond acceptors (Lipinski definition) is 9. The van der Waals surface area contributed by atoms with Crippen molar-refractivity contribution in [2.24, 2.45) is 0 Å². The van der Waals surface area contributed by atoms with Gasteiger partial charge in [0.1, 0.15) is 17.5 Å². The Kier molecular flexibility index (Phi) is 4.64. The van der Waals surface area contributed by atoms with Crippen LogP contribution in [0.4, 0.5) is 11.8 Å². The largest absolute Gasteiger partial charge is 0.352 e. The van der Waals surface area contributed by atoms with Crippen molar-refractivity contribution in [2.45, 2.75) is 13.8 Å². The van der Waals surface area contributed by atoms with Gasteiger partial charge in [-0.1, -0.05) is 0 Å². The summed E-state index contributed by atoms with van der Waals surface area (Å²) in [7, 11) is 0. The van der Waals surface area contributed by atoms with Crippen molar-refractivity contribution in [1.29, 1.82) is 5.26 Å². The standard InChI is InChI=1S/C18H18N8S/c1-12-17(27-13(2)21-12)15-3-4-16(24-23-15)25-7-9-26(10-8-25)18-20-6-5-14(11-19)22-18/h3-6H,7-10H2,1-2H3. The van der Waals surface area contributed by atoms with Gasteiger partial charge >= 0.3 is 0 Å². The van der Waals surface area contributed by atoms with Gasteiger partial charge in [0.05, 0.1) is 15.6 Å². The maximum atomic E-state index is 8.99. The first kappa shape index (κ1) is 17.3. The number of aromatic nitrogens is 5. The van der Waals surface area contributed by atoms with Gasteiger partial charge in [0.15, 0.2) is 5.82 Å².